The molecule has 6 rings (SSSR count). The summed E-state index contributed by atoms with van der Waals surface area (Å²) in [5.41, 5.74) is 6.52. The van der Waals surface area contributed by atoms with Gasteiger partial charge in [-0.2, -0.15) is 0 Å². The standard InChI is InChI=1S/C36H43N5O7S/c1-6-22-19-36(22,34(44)40-49(45,46)25-13-14-25)39-32(42)29-17-24(20-41(29)33(43)31(37)35(2,3)4)48-30-18-27(21-10-8-7-9-11-21)38-28-16-23(47-5)12-15-26(28)30/h6-12,15-16,18,22,24-25,29,31H,1,13-14,17,19-20,37H2,2-5H3,(H,39,42)(H,40,44)/t22-,24-,29+,31?,36-/m1/s1. The number of ether oxygens (including phenoxy) is 2. The van der Waals surface area contributed by atoms with E-state index in [0.29, 0.717) is 35.6 Å². The number of fused-ring (bicyclic) bond motifs is 1. The van der Waals surface area contributed by atoms with Gasteiger partial charge in [-0.3, -0.25) is 19.1 Å². The van der Waals surface area contributed by atoms with Crippen LogP contribution in [0.4, 0.5) is 0 Å². The van der Waals surface area contributed by atoms with Crippen LogP contribution in [0, 0.1) is 11.3 Å². The molecule has 12 nitrogen and oxygen atoms in total. The molecule has 2 aliphatic carbocycles. The summed E-state index contributed by atoms with van der Waals surface area (Å²) in [5, 5.41) is 2.92. The van der Waals surface area contributed by atoms with E-state index >= 15 is 0 Å². The highest BCUT2D eigenvalue weighted by Crippen LogP contribution is 2.45. The lowest BCUT2D eigenvalue weighted by Gasteiger charge is -2.33. The first-order valence-corrected chi connectivity index (χ1v) is 18.0. The highest BCUT2D eigenvalue weighted by molar-refractivity contribution is 7.91. The third-order valence-corrected chi connectivity index (χ3v) is 11.5. The van der Waals surface area contributed by atoms with Crippen LogP contribution in [0.5, 0.6) is 11.5 Å². The Morgan fingerprint density at radius 1 is 1.12 bits per heavy atom. The Morgan fingerprint density at radius 2 is 1.84 bits per heavy atom. The normalized spacial score (nSPS) is 24.2. The Bertz CT molecular complexity index is 1910. The molecular weight excluding hydrogens is 646 g/mol. The number of benzene rings is 2. The fraction of sp³-hybridized carbons (Fsp3) is 0.444. The van der Waals surface area contributed by atoms with Crippen molar-refractivity contribution < 1.29 is 32.3 Å². The zero-order valence-electron chi connectivity index (χ0n) is 28.1. The number of methoxy groups -OCH3 is 1. The van der Waals surface area contributed by atoms with E-state index in [-0.39, 0.29) is 19.4 Å². The van der Waals surface area contributed by atoms with Gasteiger partial charge in [-0.1, -0.05) is 57.2 Å². The van der Waals surface area contributed by atoms with E-state index in [1.165, 1.54) is 11.0 Å². The number of sulfonamides is 1. The van der Waals surface area contributed by atoms with Gasteiger partial charge in [0.25, 0.3) is 5.91 Å². The van der Waals surface area contributed by atoms with Crippen LogP contribution in [0.3, 0.4) is 0 Å². The molecule has 0 spiro atoms. The van der Waals surface area contributed by atoms with Crippen LogP contribution in [0.25, 0.3) is 22.2 Å². The summed E-state index contributed by atoms with van der Waals surface area (Å²) < 4.78 is 39.5. The SMILES string of the molecule is C=C[C@@H]1C[C@]1(NC(=O)[C@@H]1C[C@@H](Oc2cc(-c3ccccc3)nc3cc(OC)ccc23)CN1C(=O)C(N)C(C)(C)C)C(=O)NS(=O)(=O)C1CC1. The van der Waals surface area contributed by atoms with Crippen LogP contribution >= 0.6 is 0 Å². The molecule has 260 valence electrons. The van der Waals surface area contributed by atoms with Crippen LogP contribution in [0.2, 0.25) is 0 Å². The van der Waals surface area contributed by atoms with Crippen LogP contribution in [-0.4, -0.2) is 78.7 Å². The molecule has 2 aromatic carbocycles. The number of nitrogens with one attached hydrogen (secondary N) is 2. The second kappa shape index (κ2) is 12.8. The number of aromatic nitrogens is 1. The molecule has 1 unspecified atom stereocenters. The number of rotatable bonds is 11. The summed E-state index contributed by atoms with van der Waals surface area (Å²) in [7, 11) is -2.28. The molecule has 3 aromatic rings. The van der Waals surface area contributed by atoms with E-state index < -0.39 is 68.1 Å². The van der Waals surface area contributed by atoms with Crippen molar-refractivity contribution in [3.63, 3.8) is 0 Å². The first-order chi connectivity index (χ1) is 23.2. The predicted molar refractivity (Wildman–Crippen MR) is 185 cm³/mol. The van der Waals surface area contributed by atoms with Crippen molar-refractivity contribution in [1.29, 1.82) is 0 Å². The Labute approximate surface area is 286 Å². The molecule has 0 radical (unpaired) electrons. The number of nitrogens with two attached hydrogens (primary N) is 1. The highest BCUT2D eigenvalue weighted by atomic mass is 32.2. The third kappa shape index (κ3) is 6.86. The van der Waals surface area contributed by atoms with Crippen molar-refractivity contribution >= 4 is 38.6 Å². The quantitative estimate of drug-likeness (QED) is 0.256. The molecule has 1 aromatic heterocycles. The van der Waals surface area contributed by atoms with Gasteiger partial charge >= 0.3 is 0 Å². The maximum absolute atomic E-state index is 14.1. The van der Waals surface area contributed by atoms with Gasteiger partial charge in [0.1, 0.15) is 29.2 Å². The van der Waals surface area contributed by atoms with E-state index in [2.05, 4.69) is 16.6 Å². The summed E-state index contributed by atoms with van der Waals surface area (Å²) in [5.74, 6) is -1.17. The number of carbonyl (C=O) groups is 3. The predicted octanol–water partition coefficient (Wildman–Crippen LogP) is 3.30. The van der Waals surface area contributed by atoms with Crippen molar-refractivity contribution in [3.8, 4) is 22.8 Å². The van der Waals surface area contributed by atoms with Gasteiger partial charge in [0.05, 0.1) is 36.2 Å². The Hall–Kier alpha value is -4.49. The lowest BCUT2D eigenvalue weighted by atomic mass is 9.86. The summed E-state index contributed by atoms with van der Waals surface area (Å²) >= 11 is 0. The fourth-order valence-electron chi connectivity index (χ4n) is 6.28. The van der Waals surface area contributed by atoms with Crippen molar-refractivity contribution in [3.05, 3.63) is 67.3 Å². The molecule has 4 N–H and O–H groups in total. The van der Waals surface area contributed by atoms with Gasteiger partial charge in [-0.25, -0.2) is 13.4 Å². The number of likely N-dealkylation sites (tertiary alicyclic amines) is 1. The lowest BCUT2D eigenvalue weighted by molar-refractivity contribution is -0.142. The van der Waals surface area contributed by atoms with E-state index in [1.54, 1.807) is 7.11 Å². The van der Waals surface area contributed by atoms with E-state index in [1.807, 2.05) is 75.4 Å². The van der Waals surface area contributed by atoms with Gasteiger partial charge in [-0.05, 0) is 36.8 Å². The summed E-state index contributed by atoms with van der Waals surface area (Å²) in [6.07, 6.45) is 2.15. The second-order valence-electron chi connectivity index (χ2n) is 14.3. The van der Waals surface area contributed by atoms with Crippen LogP contribution < -0.4 is 25.2 Å². The number of pyridine rings is 1. The monoisotopic (exact) mass is 689 g/mol. The van der Waals surface area contributed by atoms with E-state index in [9.17, 15) is 22.8 Å². The first-order valence-electron chi connectivity index (χ1n) is 16.4. The highest BCUT2D eigenvalue weighted by Gasteiger charge is 2.62. The molecule has 2 heterocycles. The Kier molecular flexibility index (Phi) is 8.95. The molecule has 2 saturated carbocycles. The maximum atomic E-state index is 14.1. The van der Waals surface area contributed by atoms with Crippen LogP contribution in [-0.2, 0) is 24.4 Å². The third-order valence-electron chi connectivity index (χ3n) is 9.64. The molecule has 3 fully saturated rings. The minimum atomic E-state index is -3.86. The second-order valence-corrected chi connectivity index (χ2v) is 16.2. The zero-order chi connectivity index (χ0) is 35.3. The largest absolute Gasteiger partial charge is 0.497 e. The fourth-order valence-corrected chi connectivity index (χ4v) is 7.64. The zero-order valence-corrected chi connectivity index (χ0v) is 29.0. The number of carbonyl (C=O) groups excluding carboxylic acids is 3. The van der Waals surface area contributed by atoms with Gasteiger partial charge in [0, 0.05) is 35.4 Å². The average molecular weight is 690 g/mol. The molecule has 1 saturated heterocycles. The molecule has 5 atom stereocenters. The summed E-state index contributed by atoms with van der Waals surface area (Å²) in [6.45, 7) is 9.36. The van der Waals surface area contributed by atoms with E-state index in [0.717, 1.165) is 10.9 Å². The van der Waals surface area contributed by atoms with Gasteiger partial charge in [0.15, 0.2) is 0 Å². The molecule has 3 amide bonds. The molecule has 1 aliphatic heterocycles. The van der Waals surface area contributed by atoms with E-state index in [4.69, 9.17) is 20.2 Å². The first kappa shape index (κ1) is 34.4. The molecule has 3 aliphatic rings. The molecule has 49 heavy (non-hydrogen) atoms. The van der Waals surface area contributed by atoms with Crippen LogP contribution in [0.15, 0.2) is 67.3 Å². The van der Waals surface area contributed by atoms with Crippen LogP contribution in [0.1, 0.15) is 46.5 Å². The average Bonchev–Trinajstić information content (AvgIpc) is 4.00. The van der Waals surface area contributed by atoms with Crippen molar-refractivity contribution in [1.82, 2.24) is 19.9 Å². The number of hydrogen-bond donors (Lipinski definition) is 3. The minimum absolute atomic E-state index is 0.0570. The Morgan fingerprint density at radius 3 is 2.45 bits per heavy atom. The van der Waals surface area contributed by atoms with Crippen molar-refractivity contribution in [2.45, 2.75) is 75.4 Å². The smallest absolute Gasteiger partial charge is 0.259 e. The Balaban J connectivity index is 1.31. The molecule has 13 heteroatoms. The molecule has 0 bridgehead atoms. The lowest BCUT2D eigenvalue weighted by Crippen LogP contribution is -2.59. The summed E-state index contributed by atoms with van der Waals surface area (Å²) in [4.78, 5) is 47.6. The number of amides is 3. The summed E-state index contributed by atoms with van der Waals surface area (Å²) in [6, 6.07) is 15.0. The number of nitrogens with zero attached hydrogens (tertiary/aromatic N) is 2. The topological polar surface area (TPSA) is 170 Å². The van der Waals surface area contributed by atoms with Gasteiger partial charge < -0.3 is 25.4 Å². The molecular formula is C36H43N5O7S. The number of hydrogen-bond acceptors (Lipinski definition) is 9. The minimum Gasteiger partial charge on any atom is -0.497 e. The van der Waals surface area contributed by atoms with Crippen molar-refractivity contribution in [2.75, 3.05) is 13.7 Å². The van der Waals surface area contributed by atoms with Gasteiger partial charge in [0.2, 0.25) is 21.8 Å². The maximum Gasteiger partial charge on any atom is 0.259 e. The van der Waals surface area contributed by atoms with Crippen molar-refractivity contribution in [2.24, 2.45) is 17.1 Å². The van der Waals surface area contributed by atoms with Gasteiger partial charge in [-0.15, -0.1) is 6.58 Å².